The lowest BCUT2D eigenvalue weighted by Crippen LogP contribution is -2.38. The molecule has 0 aliphatic carbocycles. The van der Waals surface area contributed by atoms with Crippen molar-refractivity contribution in [3.05, 3.63) is 29.3 Å². The van der Waals surface area contributed by atoms with Crippen LogP contribution < -0.4 is 5.32 Å². The average molecular weight is 278 g/mol. The number of aliphatic carboxylic acids is 1. The molecule has 0 fully saturated rings. The Morgan fingerprint density at radius 1 is 1.35 bits per heavy atom. The number of carbonyl (C=O) groups excluding carboxylic acids is 1. The van der Waals surface area contributed by atoms with E-state index in [1.54, 1.807) is 6.92 Å². The molecule has 110 valence electrons. The van der Waals surface area contributed by atoms with Crippen molar-refractivity contribution in [3.63, 3.8) is 0 Å². The van der Waals surface area contributed by atoms with Crippen LogP contribution in [0.5, 0.6) is 0 Å². The summed E-state index contributed by atoms with van der Waals surface area (Å²) in [6.07, 6.45) is 0. The highest BCUT2D eigenvalue weighted by atomic mass is 16.4. The molecule has 0 saturated heterocycles. The van der Waals surface area contributed by atoms with Gasteiger partial charge >= 0.3 is 12.0 Å². The zero-order valence-corrected chi connectivity index (χ0v) is 12.4. The number of anilines is 1. The van der Waals surface area contributed by atoms with Crippen LogP contribution in [-0.2, 0) is 4.79 Å². The van der Waals surface area contributed by atoms with Gasteiger partial charge in [0.05, 0.1) is 0 Å². The van der Waals surface area contributed by atoms with Crippen molar-refractivity contribution in [1.82, 2.24) is 4.90 Å². The first kappa shape index (κ1) is 16.0. The van der Waals surface area contributed by atoms with Gasteiger partial charge in [-0.1, -0.05) is 32.0 Å². The molecule has 0 aliphatic rings. The number of rotatable bonds is 5. The lowest BCUT2D eigenvalue weighted by atomic mass is 9.98. The minimum Gasteiger partial charge on any atom is -0.480 e. The number of carboxylic acid groups (broad SMARTS) is 1. The van der Waals surface area contributed by atoms with Gasteiger partial charge in [0, 0.05) is 12.2 Å². The quantitative estimate of drug-likeness (QED) is 0.869. The van der Waals surface area contributed by atoms with E-state index in [0.717, 1.165) is 16.8 Å². The molecule has 2 N–H and O–H groups in total. The van der Waals surface area contributed by atoms with Gasteiger partial charge < -0.3 is 15.3 Å². The summed E-state index contributed by atoms with van der Waals surface area (Å²) in [6.45, 7) is 7.84. The molecule has 1 rings (SSSR count). The number of aryl methyl sites for hydroxylation is 1. The van der Waals surface area contributed by atoms with Crippen LogP contribution in [0.4, 0.5) is 10.5 Å². The number of urea groups is 1. The van der Waals surface area contributed by atoms with Gasteiger partial charge in [-0.05, 0) is 30.9 Å². The monoisotopic (exact) mass is 278 g/mol. The van der Waals surface area contributed by atoms with Crippen LogP contribution in [0.15, 0.2) is 18.2 Å². The Labute approximate surface area is 119 Å². The summed E-state index contributed by atoms with van der Waals surface area (Å²) in [6, 6.07) is 5.47. The molecular formula is C15H22N2O3. The summed E-state index contributed by atoms with van der Waals surface area (Å²) >= 11 is 0. The highest BCUT2D eigenvalue weighted by Gasteiger charge is 2.18. The summed E-state index contributed by atoms with van der Waals surface area (Å²) in [4.78, 5) is 24.2. The van der Waals surface area contributed by atoms with E-state index in [0.29, 0.717) is 6.54 Å². The minimum atomic E-state index is -1.02. The third-order valence-corrected chi connectivity index (χ3v) is 3.15. The summed E-state index contributed by atoms with van der Waals surface area (Å²) in [5.74, 6) is -0.740. The smallest absolute Gasteiger partial charge is 0.323 e. The van der Waals surface area contributed by atoms with E-state index in [2.05, 4.69) is 19.2 Å². The lowest BCUT2D eigenvalue weighted by Gasteiger charge is -2.22. The molecule has 20 heavy (non-hydrogen) atoms. The van der Waals surface area contributed by atoms with Crippen molar-refractivity contribution in [1.29, 1.82) is 0 Å². The fraction of sp³-hybridized carbons (Fsp3) is 0.467. The molecule has 1 aromatic carbocycles. The van der Waals surface area contributed by atoms with Gasteiger partial charge in [-0.2, -0.15) is 0 Å². The Hall–Kier alpha value is -2.04. The molecule has 1 aromatic rings. The van der Waals surface area contributed by atoms with Gasteiger partial charge in [-0.25, -0.2) is 4.79 Å². The van der Waals surface area contributed by atoms with Crippen LogP contribution in [0, 0.1) is 6.92 Å². The Kier molecular flexibility index (Phi) is 5.55. The molecule has 0 radical (unpaired) electrons. The van der Waals surface area contributed by atoms with Crippen molar-refractivity contribution in [2.75, 3.05) is 18.4 Å². The van der Waals surface area contributed by atoms with E-state index < -0.39 is 5.97 Å². The molecule has 0 aromatic heterocycles. The number of amides is 2. The van der Waals surface area contributed by atoms with Crippen LogP contribution >= 0.6 is 0 Å². The van der Waals surface area contributed by atoms with Crippen molar-refractivity contribution in [2.24, 2.45) is 0 Å². The molecule has 2 amide bonds. The van der Waals surface area contributed by atoms with Crippen molar-refractivity contribution in [2.45, 2.75) is 33.6 Å². The van der Waals surface area contributed by atoms with Crippen molar-refractivity contribution < 1.29 is 14.7 Å². The van der Waals surface area contributed by atoms with E-state index >= 15 is 0 Å². The van der Waals surface area contributed by atoms with Crippen molar-refractivity contribution in [3.8, 4) is 0 Å². The summed E-state index contributed by atoms with van der Waals surface area (Å²) in [5, 5.41) is 11.6. The maximum absolute atomic E-state index is 12.2. The number of carbonyl (C=O) groups is 2. The van der Waals surface area contributed by atoms with Crippen LogP contribution in [-0.4, -0.2) is 35.1 Å². The van der Waals surface area contributed by atoms with Crippen LogP contribution in [0.2, 0.25) is 0 Å². The predicted octanol–water partition coefficient (Wildman–Crippen LogP) is 3.06. The second-order valence-electron chi connectivity index (χ2n) is 5.03. The molecule has 0 atom stereocenters. The topological polar surface area (TPSA) is 69.6 Å². The average Bonchev–Trinajstić information content (AvgIpc) is 2.37. The lowest BCUT2D eigenvalue weighted by molar-refractivity contribution is -0.137. The molecule has 0 aliphatic heterocycles. The van der Waals surface area contributed by atoms with Gasteiger partial charge in [0.15, 0.2) is 0 Å². The number of benzene rings is 1. The zero-order chi connectivity index (χ0) is 15.3. The second kappa shape index (κ2) is 6.93. The maximum Gasteiger partial charge on any atom is 0.323 e. The summed E-state index contributed by atoms with van der Waals surface area (Å²) in [5.41, 5.74) is 2.79. The van der Waals surface area contributed by atoms with E-state index in [4.69, 9.17) is 5.11 Å². The summed E-state index contributed by atoms with van der Waals surface area (Å²) < 4.78 is 0. The Bertz CT molecular complexity index is 498. The molecule has 0 spiro atoms. The number of carboxylic acids is 1. The van der Waals surface area contributed by atoms with Gasteiger partial charge in [0.1, 0.15) is 6.54 Å². The number of hydrogen-bond acceptors (Lipinski definition) is 2. The van der Waals surface area contributed by atoms with Crippen molar-refractivity contribution >= 4 is 17.7 Å². The second-order valence-corrected chi connectivity index (χ2v) is 5.03. The third-order valence-electron chi connectivity index (χ3n) is 3.15. The first-order valence-corrected chi connectivity index (χ1v) is 6.74. The Morgan fingerprint density at radius 3 is 2.50 bits per heavy atom. The van der Waals surface area contributed by atoms with E-state index in [1.807, 2.05) is 25.1 Å². The number of para-hydroxylation sites is 1. The molecule has 5 nitrogen and oxygen atoms in total. The highest BCUT2D eigenvalue weighted by molar-refractivity contribution is 5.92. The van der Waals surface area contributed by atoms with Crippen LogP contribution in [0.25, 0.3) is 0 Å². The first-order chi connectivity index (χ1) is 9.36. The minimum absolute atomic E-state index is 0.278. The normalized spacial score (nSPS) is 10.4. The van der Waals surface area contributed by atoms with Crippen LogP contribution in [0.3, 0.4) is 0 Å². The standard InChI is InChI=1S/C15H22N2O3/c1-5-17(9-13(18)19)15(20)16-14-11(4)7-6-8-12(14)10(2)3/h6-8,10H,5,9H2,1-4H3,(H,16,20)(H,18,19). The number of likely N-dealkylation sites (N-methyl/N-ethyl adjacent to an activating group) is 1. The molecule has 5 heteroatoms. The fourth-order valence-corrected chi connectivity index (χ4v) is 2.02. The largest absolute Gasteiger partial charge is 0.480 e. The molecular weight excluding hydrogens is 256 g/mol. The van der Waals surface area contributed by atoms with Crippen LogP contribution in [0.1, 0.15) is 37.8 Å². The predicted molar refractivity (Wildman–Crippen MR) is 79.2 cm³/mol. The highest BCUT2D eigenvalue weighted by Crippen LogP contribution is 2.27. The number of hydrogen-bond donors (Lipinski definition) is 2. The number of nitrogens with zero attached hydrogens (tertiary/aromatic N) is 1. The molecule has 0 heterocycles. The third kappa shape index (κ3) is 3.98. The maximum atomic E-state index is 12.2. The van der Waals surface area contributed by atoms with E-state index in [-0.39, 0.29) is 18.5 Å². The molecule has 0 bridgehead atoms. The van der Waals surface area contributed by atoms with Gasteiger partial charge in [-0.15, -0.1) is 0 Å². The SMILES string of the molecule is CCN(CC(=O)O)C(=O)Nc1c(C)cccc1C(C)C. The molecule has 0 unspecified atom stereocenters. The number of nitrogens with one attached hydrogen (secondary N) is 1. The van der Waals surface area contributed by atoms with E-state index in [9.17, 15) is 9.59 Å². The Morgan fingerprint density at radius 2 is 2.00 bits per heavy atom. The fourth-order valence-electron chi connectivity index (χ4n) is 2.02. The van der Waals surface area contributed by atoms with Gasteiger partial charge in [0.25, 0.3) is 0 Å². The first-order valence-electron chi connectivity index (χ1n) is 6.74. The van der Waals surface area contributed by atoms with Gasteiger partial charge in [0.2, 0.25) is 0 Å². The zero-order valence-electron chi connectivity index (χ0n) is 12.4. The Balaban J connectivity index is 2.97. The summed E-state index contributed by atoms with van der Waals surface area (Å²) in [7, 11) is 0. The van der Waals surface area contributed by atoms with Gasteiger partial charge in [-0.3, -0.25) is 4.79 Å². The molecule has 0 saturated carbocycles. The van der Waals surface area contributed by atoms with E-state index in [1.165, 1.54) is 4.90 Å².